The third-order valence-electron chi connectivity index (χ3n) is 6.86. The maximum Gasteiger partial charge on any atom is 0.237 e. The highest BCUT2D eigenvalue weighted by Gasteiger charge is 2.37. The average Bonchev–Trinajstić information content (AvgIpc) is 3.21. The lowest BCUT2D eigenvalue weighted by molar-refractivity contribution is -0.142. The van der Waals surface area contributed by atoms with Crippen LogP contribution in [-0.4, -0.2) is 55.8 Å². The Bertz CT molecular complexity index is 1380. The molecule has 1 saturated heterocycles. The van der Waals surface area contributed by atoms with Gasteiger partial charge in [0.1, 0.15) is 12.1 Å². The predicted molar refractivity (Wildman–Crippen MR) is 140 cm³/mol. The zero-order valence-corrected chi connectivity index (χ0v) is 20.7. The lowest BCUT2D eigenvalue weighted by atomic mass is 9.93. The van der Waals surface area contributed by atoms with Crippen molar-refractivity contribution in [2.45, 2.75) is 39.0 Å². The molecular weight excluding hydrogens is 462 g/mol. The molecule has 9 heteroatoms. The molecule has 1 aliphatic rings. The van der Waals surface area contributed by atoms with Crippen molar-refractivity contribution < 1.29 is 4.79 Å². The molecule has 3 heterocycles. The maximum atomic E-state index is 13.4. The van der Waals surface area contributed by atoms with Crippen LogP contribution in [0, 0.1) is 5.92 Å². The van der Waals surface area contributed by atoms with Gasteiger partial charge >= 0.3 is 0 Å². The normalized spacial score (nSPS) is 18.1. The second kappa shape index (κ2) is 9.45. The molecule has 0 aliphatic carbocycles. The highest BCUT2D eigenvalue weighted by Crippen LogP contribution is 2.25. The molecule has 1 fully saturated rings. The maximum absolute atomic E-state index is 13.4. The molecule has 5 N–H and O–H groups in total. The third kappa shape index (κ3) is 4.82. The Kier molecular flexibility index (Phi) is 6.35. The van der Waals surface area contributed by atoms with E-state index in [1.165, 1.54) is 6.33 Å². The van der Waals surface area contributed by atoms with Crippen LogP contribution in [0.25, 0.3) is 21.8 Å². The van der Waals surface area contributed by atoms with E-state index >= 15 is 0 Å². The summed E-state index contributed by atoms with van der Waals surface area (Å²) in [6, 6.07) is 13.5. The molecule has 2 atom stereocenters. The second-order valence-electron chi connectivity index (χ2n) is 9.72. The number of nitrogens with zero attached hydrogens (tertiary/aromatic N) is 4. The van der Waals surface area contributed by atoms with Gasteiger partial charge in [0.2, 0.25) is 5.91 Å². The number of nitrogen functional groups attached to an aromatic ring is 1. The molecule has 35 heavy (non-hydrogen) atoms. The molecule has 182 valence electrons. The molecule has 0 spiro atoms. The van der Waals surface area contributed by atoms with Gasteiger partial charge < -0.3 is 21.4 Å². The quantitative estimate of drug-likeness (QED) is 0.379. The number of hydrogen-bond acceptors (Lipinski definition) is 6. The molecular formula is C26H30ClN7O. The molecule has 4 aromatic rings. The Morgan fingerprint density at radius 2 is 1.97 bits per heavy atom. The minimum absolute atomic E-state index is 0.0683. The molecule has 5 rings (SSSR count). The van der Waals surface area contributed by atoms with Gasteiger partial charge in [-0.25, -0.2) is 9.97 Å². The van der Waals surface area contributed by atoms with E-state index in [-0.39, 0.29) is 23.9 Å². The minimum atomic E-state index is -0.151. The summed E-state index contributed by atoms with van der Waals surface area (Å²) in [6.07, 6.45) is 1.46. The molecule has 1 unspecified atom stereocenters. The second-order valence-corrected chi connectivity index (χ2v) is 10.2. The summed E-state index contributed by atoms with van der Waals surface area (Å²) in [4.78, 5) is 29.4. The third-order valence-corrected chi connectivity index (χ3v) is 7.09. The van der Waals surface area contributed by atoms with Gasteiger partial charge in [0, 0.05) is 52.7 Å². The topological polar surface area (TPSA) is 117 Å². The van der Waals surface area contributed by atoms with Crippen molar-refractivity contribution in [2.75, 3.05) is 18.8 Å². The van der Waals surface area contributed by atoms with Gasteiger partial charge in [-0.3, -0.25) is 9.69 Å². The summed E-state index contributed by atoms with van der Waals surface area (Å²) in [6.45, 7) is 6.35. The van der Waals surface area contributed by atoms with E-state index in [2.05, 4.69) is 39.8 Å². The van der Waals surface area contributed by atoms with E-state index < -0.39 is 0 Å². The van der Waals surface area contributed by atoms with E-state index in [1.54, 1.807) is 0 Å². The Balaban J connectivity index is 1.38. The molecule has 0 bridgehead atoms. The smallest absolute Gasteiger partial charge is 0.237 e. The minimum Gasteiger partial charge on any atom is -0.383 e. The number of hydrogen-bond donors (Lipinski definition) is 3. The highest BCUT2D eigenvalue weighted by atomic mass is 35.5. The number of aromatic nitrogens is 3. The van der Waals surface area contributed by atoms with Gasteiger partial charge in [-0.2, -0.15) is 0 Å². The fourth-order valence-electron chi connectivity index (χ4n) is 4.90. The predicted octanol–water partition coefficient (Wildman–Crippen LogP) is 3.54. The van der Waals surface area contributed by atoms with Crippen LogP contribution in [0.4, 0.5) is 5.82 Å². The zero-order valence-electron chi connectivity index (χ0n) is 19.9. The number of nitrogens with two attached hydrogens (primary N) is 2. The van der Waals surface area contributed by atoms with Gasteiger partial charge in [-0.1, -0.05) is 31.5 Å². The summed E-state index contributed by atoms with van der Waals surface area (Å²) in [7, 11) is 0. The largest absolute Gasteiger partial charge is 0.383 e. The van der Waals surface area contributed by atoms with Crippen molar-refractivity contribution in [1.29, 1.82) is 0 Å². The number of carbonyl (C=O) groups excluding carboxylic acids is 1. The average molecular weight is 492 g/mol. The Morgan fingerprint density at radius 1 is 1.14 bits per heavy atom. The van der Waals surface area contributed by atoms with Crippen LogP contribution >= 0.6 is 11.6 Å². The monoisotopic (exact) mass is 491 g/mol. The molecule has 1 aliphatic heterocycles. The van der Waals surface area contributed by atoms with Crippen molar-refractivity contribution in [2.24, 2.45) is 11.7 Å². The van der Waals surface area contributed by atoms with Crippen LogP contribution in [0.5, 0.6) is 0 Å². The number of rotatable bonds is 6. The molecule has 1 amide bonds. The van der Waals surface area contributed by atoms with Gasteiger partial charge in [0.15, 0.2) is 0 Å². The lowest BCUT2D eigenvalue weighted by Gasteiger charge is -2.44. The Labute approximate surface area is 209 Å². The van der Waals surface area contributed by atoms with Crippen molar-refractivity contribution >= 4 is 45.1 Å². The van der Waals surface area contributed by atoms with Crippen LogP contribution in [0.3, 0.4) is 0 Å². The molecule has 2 aromatic heterocycles. The number of carbonyl (C=O) groups is 1. The van der Waals surface area contributed by atoms with Gasteiger partial charge in [-0.05, 0) is 47.9 Å². The highest BCUT2D eigenvalue weighted by molar-refractivity contribution is 6.31. The van der Waals surface area contributed by atoms with Gasteiger partial charge in [-0.15, -0.1) is 0 Å². The summed E-state index contributed by atoms with van der Waals surface area (Å²) < 4.78 is 0. The van der Waals surface area contributed by atoms with Crippen LogP contribution < -0.4 is 11.5 Å². The van der Waals surface area contributed by atoms with Gasteiger partial charge in [0.05, 0.1) is 18.1 Å². The van der Waals surface area contributed by atoms with Gasteiger partial charge in [0.25, 0.3) is 0 Å². The molecule has 0 radical (unpaired) electrons. The first-order chi connectivity index (χ1) is 16.8. The SMILES string of the molecule is CC(C)C(N)[C@@H]1CN(Cc2cc3cc(Cl)ccc3[nH]2)CC(=O)N1Cc1ccc2c(N)ncnc2c1. The first-order valence-electron chi connectivity index (χ1n) is 11.8. The van der Waals surface area contributed by atoms with Crippen LogP contribution in [0.2, 0.25) is 5.02 Å². The summed E-state index contributed by atoms with van der Waals surface area (Å²) in [5.74, 6) is 0.749. The Morgan fingerprint density at radius 3 is 2.77 bits per heavy atom. The summed E-state index contributed by atoms with van der Waals surface area (Å²) >= 11 is 6.14. The van der Waals surface area contributed by atoms with Crippen molar-refractivity contribution in [3.05, 3.63) is 65.1 Å². The summed E-state index contributed by atoms with van der Waals surface area (Å²) in [5.41, 5.74) is 16.5. The first-order valence-corrected chi connectivity index (χ1v) is 12.2. The van der Waals surface area contributed by atoms with E-state index in [0.717, 1.165) is 33.1 Å². The number of anilines is 1. The van der Waals surface area contributed by atoms with E-state index in [9.17, 15) is 4.79 Å². The van der Waals surface area contributed by atoms with E-state index in [0.29, 0.717) is 37.0 Å². The summed E-state index contributed by atoms with van der Waals surface area (Å²) in [5, 5.41) is 2.58. The number of aromatic amines is 1. The first kappa shape index (κ1) is 23.5. The molecule has 0 saturated carbocycles. The molecule has 2 aromatic carbocycles. The van der Waals surface area contributed by atoms with E-state index in [4.69, 9.17) is 23.1 Å². The fraction of sp³-hybridized carbons (Fsp3) is 0.346. The lowest BCUT2D eigenvalue weighted by Crippen LogP contribution is -2.62. The van der Waals surface area contributed by atoms with Crippen molar-refractivity contribution in [3.63, 3.8) is 0 Å². The standard InChI is InChI=1S/C26H30ClN7O/c1-15(2)25(28)23-12-33(11-19-9-17-8-18(27)4-6-21(17)32-19)13-24(35)34(23)10-16-3-5-20-22(7-16)30-14-31-26(20)29/h3-9,14-15,23,25,32H,10-13,28H2,1-2H3,(H2,29,30,31)/t23-,25?/m0/s1. The number of benzene rings is 2. The number of amides is 1. The number of halogens is 1. The van der Waals surface area contributed by atoms with Crippen LogP contribution in [0.1, 0.15) is 25.1 Å². The van der Waals surface area contributed by atoms with Crippen LogP contribution in [-0.2, 0) is 17.9 Å². The zero-order chi connectivity index (χ0) is 24.7. The van der Waals surface area contributed by atoms with Crippen molar-refractivity contribution in [3.8, 4) is 0 Å². The fourth-order valence-corrected chi connectivity index (χ4v) is 5.08. The van der Waals surface area contributed by atoms with Crippen molar-refractivity contribution in [1.82, 2.24) is 24.8 Å². The number of fused-ring (bicyclic) bond motifs is 2. The molecule has 8 nitrogen and oxygen atoms in total. The number of piperazine rings is 1. The van der Waals surface area contributed by atoms with E-state index in [1.807, 2.05) is 41.3 Å². The van der Waals surface area contributed by atoms with Crippen LogP contribution in [0.15, 0.2) is 48.8 Å². The number of H-pyrrole nitrogens is 1. The Hall–Kier alpha value is -3.20. The number of nitrogens with one attached hydrogen (secondary N) is 1.